The average Bonchev–Trinajstić information content (AvgIpc) is 3.12. The van der Waals surface area contributed by atoms with Crippen molar-refractivity contribution in [3.8, 4) is 0 Å². The monoisotopic (exact) mass is 407 g/mol. The smallest absolute Gasteiger partial charge is 0.423 e. The van der Waals surface area contributed by atoms with Crippen LogP contribution in [0, 0.1) is 13.8 Å². The second-order valence-corrected chi connectivity index (χ2v) is 8.74. The highest BCUT2D eigenvalue weighted by molar-refractivity contribution is 6.62. The lowest BCUT2D eigenvalue weighted by atomic mass is 9.79. The number of fused-ring (bicyclic) bond motifs is 1. The number of benzene rings is 2. The van der Waals surface area contributed by atoms with Crippen molar-refractivity contribution < 1.29 is 18.5 Å². The molecule has 0 unspecified atom stereocenters. The van der Waals surface area contributed by atoms with Gasteiger partial charge in [-0.05, 0) is 76.3 Å². The normalized spacial score (nSPS) is 17.3. The van der Waals surface area contributed by atoms with Gasteiger partial charge < -0.3 is 19.0 Å². The van der Waals surface area contributed by atoms with Crippen LogP contribution in [0.1, 0.15) is 38.8 Å². The first-order valence-corrected chi connectivity index (χ1v) is 9.95. The van der Waals surface area contributed by atoms with Gasteiger partial charge in [-0.1, -0.05) is 18.2 Å². The zero-order chi connectivity index (χ0) is 21.7. The van der Waals surface area contributed by atoms with Crippen LogP contribution in [-0.2, 0) is 9.31 Å². The minimum Gasteiger partial charge on any atom is -0.423 e. The Morgan fingerprint density at radius 1 is 0.967 bits per heavy atom. The van der Waals surface area contributed by atoms with Gasteiger partial charge in [-0.3, -0.25) is 5.32 Å². The SMILES string of the molecule is Cc1cc(C)c2oc(NC(=O)Nc3ccc(B4OC(C)(C)C(C)(C)O4)cc3)nc2c1. The third-order valence-electron chi connectivity index (χ3n) is 5.73. The molecule has 7 nitrogen and oxygen atoms in total. The highest BCUT2D eigenvalue weighted by Crippen LogP contribution is 2.36. The molecule has 1 saturated heterocycles. The maximum Gasteiger partial charge on any atom is 0.494 e. The molecule has 0 aliphatic carbocycles. The molecule has 1 fully saturated rings. The number of rotatable bonds is 3. The molecule has 0 bridgehead atoms. The van der Waals surface area contributed by atoms with E-state index in [1.165, 1.54) is 0 Å². The predicted molar refractivity (Wildman–Crippen MR) is 118 cm³/mol. The summed E-state index contributed by atoms with van der Waals surface area (Å²) >= 11 is 0. The molecule has 156 valence electrons. The predicted octanol–water partition coefficient (Wildman–Crippen LogP) is 4.39. The molecule has 1 aliphatic rings. The fraction of sp³-hybridized carbons (Fsp3) is 0.364. The molecule has 8 heteroatoms. The molecular formula is C22H26BN3O4. The number of carbonyl (C=O) groups is 1. The molecule has 1 aliphatic heterocycles. The van der Waals surface area contributed by atoms with Gasteiger partial charge in [-0.2, -0.15) is 4.98 Å². The Labute approximate surface area is 176 Å². The number of nitrogens with zero attached hydrogens (tertiary/aromatic N) is 1. The number of aryl methyl sites for hydroxylation is 2. The molecule has 2 amide bonds. The third kappa shape index (κ3) is 3.80. The average molecular weight is 407 g/mol. The fourth-order valence-corrected chi connectivity index (χ4v) is 3.39. The van der Waals surface area contributed by atoms with Gasteiger partial charge in [0.15, 0.2) is 5.58 Å². The summed E-state index contributed by atoms with van der Waals surface area (Å²) in [5.41, 5.74) is 4.18. The summed E-state index contributed by atoms with van der Waals surface area (Å²) < 4.78 is 17.8. The Balaban J connectivity index is 1.41. The quantitative estimate of drug-likeness (QED) is 0.629. The van der Waals surface area contributed by atoms with Gasteiger partial charge in [-0.15, -0.1) is 0 Å². The first-order valence-electron chi connectivity index (χ1n) is 9.95. The van der Waals surface area contributed by atoms with Gasteiger partial charge in [-0.25, -0.2) is 4.79 Å². The molecule has 0 spiro atoms. The number of carbonyl (C=O) groups excluding carboxylic acids is 1. The van der Waals surface area contributed by atoms with Crippen molar-refractivity contribution in [3.05, 3.63) is 47.5 Å². The van der Waals surface area contributed by atoms with Crippen LogP contribution in [0.5, 0.6) is 0 Å². The fourth-order valence-electron chi connectivity index (χ4n) is 3.39. The second kappa shape index (κ2) is 7.14. The summed E-state index contributed by atoms with van der Waals surface area (Å²) in [5.74, 6) is 0. The van der Waals surface area contributed by atoms with Crippen LogP contribution >= 0.6 is 0 Å². The molecule has 0 atom stereocenters. The van der Waals surface area contributed by atoms with E-state index in [1.807, 2.05) is 65.8 Å². The van der Waals surface area contributed by atoms with Crippen molar-refractivity contribution in [2.24, 2.45) is 0 Å². The Kier molecular flexibility index (Phi) is 4.87. The number of hydrogen-bond acceptors (Lipinski definition) is 5. The Morgan fingerprint density at radius 2 is 1.60 bits per heavy atom. The molecule has 2 aromatic carbocycles. The number of oxazole rings is 1. The van der Waals surface area contributed by atoms with E-state index in [9.17, 15) is 4.79 Å². The lowest BCUT2D eigenvalue weighted by Gasteiger charge is -2.32. The third-order valence-corrected chi connectivity index (χ3v) is 5.73. The van der Waals surface area contributed by atoms with E-state index in [-0.39, 0.29) is 6.01 Å². The van der Waals surface area contributed by atoms with Gasteiger partial charge in [0.2, 0.25) is 0 Å². The molecule has 2 heterocycles. The van der Waals surface area contributed by atoms with Gasteiger partial charge in [0.1, 0.15) is 5.52 Å². The van der Waals surface area contributed by atoms with E-state index in [4.69, 9.17) is 13.7 Å². The van der Waals surface area contributed by atoms with Gasteiger partial charge in [0, 0.05) is 5.69 Å². The van der Waals surface area contributed by atoms with E-state index in [1.54, 1.807) is 12.1 Å². The van der Waals surface area contributed by atoms with Crippen molar-refractivity contribution in [1.82, 2.24) is 4.98 Å². The summed E-state index contributed by atoms with van der Waals surface area (Å²) in [7, 11) is -0.440. The molecule has 4 rings (SSSR count). The minimum absolute atomic E-state index is 0.157. The molecule has 0 radical (unpaired) electrons. The number of urea groups is 1. The number of nitrogens with one attached hydrogen (secondary N) is 2. The maximum absolute atomic E-state index is 12.4. The molecule has 3 aromatic rings. The van der Waals surface area contributed by atoms with E-state index < -0.39 is 24.4 Å². The first-order chi connectivity index (χ1) is 14.0. The maximum atomic E-state index is 12.4. The van der Waals surface area contributed by atoms with Crippen LogP contribution in [0.2, 0.25) is 0 Å². The summed E-state index contributed by atoms with van der Waals surface area (Å²) in [6, 6.07) is 11.0. The zero-order valence-corrected chi connectivity index (χ0v) is 18.1. The molecule has 2 N–H and O–H groups in total. The van der Waals surface area contributed by atoms with Crippen LogP contribution < -0.4 is 16.1 Å². The van der Waals surface area contributed by atoms with Gasteiger partial charge in [0.25, 0.3) is 0 Å². The minimum atomic E-state index is -0.440. The Morgan fingerprint density at radius 3 is 2.23 bits per heavy atom. The highest BCUT2D eigenvalue weighted by atomic mass is 16.7. The topological polar surface area (TPSA) is 85.6 Å². The van der Waals surface area contributed by atoms with Crippen LogP contribution in [-0.4, -0.2) is 29.3 Å². The highest BCUT2D eigenvalue weighted by Gasteiger charge is 2.51. The summed E-state index contributed by atoms with van der Waals surface area (Å²) in [6.07, 6.45) is 0. The summed E-state index contributed by atoms with van der Waals surface area (Å²) in [6.45, 7) is 12.0. The van der Waals surface area contributed by atoms with Crippen molar-refractivity contribution in [1.29, 1.82) is 0 Å². The standard InChI is InChI=1S/C22H26BN3O4/c1-13-11-14(2)18-17(12-13)25-20(28-18)26-19(27)24-16-9-7-15(8-10-16)23-29-21(3,4)22(5,6)30-23/h7-12H,1-6H3,(H2,24,25,26,27). The zero-order valence-electron chi connectivity index (χ0n) is 18.1. The lowest BCUT2D eigenvalue weighted by Crippen LogP contribution is -2.41. The largest absolute Gasteiger partial charge is 0.494 e. The van der Waals surface area contributed by atoms with E-state index in [0.29, 0.717) is 11.3 Å². The number of aromatic nitrogens is 1. The lowest BCUT2D eigenvalue weighted by molar-refractivity contribution is 0.00578. The molecule has 0 saturated carbocycles. The van der Waals surface area contributed by atoms with Crippen LogP contribution in [0.15, 0.2) is 40.8 Å². The number of anilines is 2. The van der Waals surface area contributed by atoms with Crippen LogP contribution in [0.3, 0.4) is 0 Å². The summed E-state index contributed by atoms with van der Waals surface area (Å²) in [5, 5.41) is 5.42. The van der Waals surface area contributed by atoms with Crippen molar-refractivity contribution >= 4 is 41.4 Å². The van der Waals surface area contributed by atoms with E-state index in [2.05, 4.69) is 15.6 Å². The number of hydrogen-bond donors (Lipinski definition) is 2. The van der Waals surface area contributed by atoms with Crippen molar-refractivity contribution in [2.45, 2.75) is 52.7 Å². The second-order valence-electron chi connectivity index (χ2n) is 8.74. The Hall–Kier alpha value is -2.84. The Bertz CT molecular complexity index is 1090. The summed E-state index contributed by atoms with van der Waals surface area (Å²) in [4.78, 5) is 16.7. The first kappa shape index (κ1) is 20.4. The number of amides is 2. The van der Waals surface area contributed by atoms with Crippen LogP contribution in [0.4, 0.5) is 16.5 Å². The molecular weight excluding hydrogens is 381 g/mol. The van der Waals surface area contributed by atoms with E-state index in [0.717, 1.165) is 22.1 Å². The molecule has 30 heavy (non-hydrogen) atoms. The van der Waals surface area contributed by atoms with Crippen molar-refractivity contribution in [3.63, 3.8) is 0 Å². The van der Waals surface area contributed by atoms with Crippen LogP contribution in [0.25, 0.3) is 11.1 Å². The van der Waals surface area contributed by atoms with Gasteiger partial charge in [0.05, 0.1) is 11.2 Å². The van der Waals surface area contributed by atoms with Crippen molar-refractivity contribution in [2.75, 3.05) is 10.6 Å². The van der Waals surface area contributed by atoms with E-state index >= 15 is 0 Å². The molecule has 1 aromatic heterocycles. The van der Waals surface area contributed by atoms with Gasteiger partial charge >= 0.3 is 19.2 Å².